The fourth-order valence-corrected chi connectivity index (χ4v) is 5.47. The summed E-state index contributed by atoms with van der Waals surface area (Å²) in [6.07, 6.45) is -3.86. The fourth-order valence-electron chi connectivity index (χ4n) is 3.61. The molecular formula is C19H16F3N3O4S. The van der Waals surface area contributed by atoms with Crippen LogP contribution in [0.2, 0.25) is 0 Å². The van der Waals surface area contributed by atoms with Gasteiger partial charge in [0.05, 0.1) is 26.7 Å². The van der Waals surface area contributed by atoms with Gasteiger partial charge in [-0.3, -0.25) is 9.36 Å². The number of nitrogens with one attached hydrogen (secondary N) is 1. The van der Waals surface area contributed by atoms with Crippen molar-refractivity contribution in [3.05, 3.63) is 54.4 Å². The Bertz CT molecular complexity index is 1240. The highest BCUT2D eigenvalue weighted by Crippen LogP contribution is 2.38. The van der Waals surface area contributed by atoms with Crippen molar-refractivity contribution in [3.8, 4) is 5.69 Å². The van der Waals surface area contributed by atoms with Crippen LogP contribution in [0.5, 0.6) is 0 Å². The first-order valence-corrected chi connectivity index (χ1v) is 10.5. The van der Waals surface area contributed by atoms with E-state index in [0.717, 1.165) is 12.1 Å². The van der Waals surface area contributed by atoms with E-state index < -0.39 is 43.7 Å². The number of para-hydroxylation sites is 2. The number of hydrogen-bond donors (Lipinski definition) is 2. The molecule has 0 saturated carbocycles. The number of sulfone groups is 1. The average Bonchev–Trinajstić information content (AvgIpc) is 3.35. The third kappa shape index (κ3) is 3.43. The topological polar surface area (TPSA) is 101 Å². The molecule has 4 rings (SSSR count). The molecule has 0 bridgehead atoms. The largest absolute Gasteiger partial charge is 0.480 e. The van der Waals surface area contributed by atoms with Gasteiger partial charge in [0.1, 0.15) is 12.4 Å². The van der Waals surface area contributed by atoms with Gasteiger partial charge in [-0.1, -0.05) is 12.1 Å². The zero-order chi connectivity index (χ0) is 21.7. The predicted molar refractivity (Wildman–Crippen MR) is 101 cm³/mol. The Morgan fingerprint density at radius 1 is 1.20 bits per heavy atom. The molecule has 0 spiro atoms. The summed E-state index contributed by atoms with van der Waals surface area (Å²) in [5.41, 5.74) is -0.0236. The highest BCUT2D eigenvalue weighted by molar-refractivity contribution is 7.92. The summed E-state index contributed by atoms with van der Waals surface area (Å²) in [5, 5.41) is 10.3. The Kier molecular flexibility index (Phi) is 4.82. The lowest BCUT2D eigenvalue weighted by molar-refractivity contribution is -0.140. The zero-order valence-electron chi connectivity index (χ0n) is 15.3. The van der Waals surface area contributed by atoms with E-state index in [4.69, 9.17) is 5.11 Å². The number of hydrogen-bond acceptors (Lipinski definition) is 5. The summed E-state index contributed by atoms with van der Waals surface area (Å²) >= 11 is 0. The number of benzene rings is 2. The van der Waals surface area contributed by atoms with E-state index in [2.05, 4.69) is 10.3 Å². The second-order valence-corrected chi connectivity index (χ2v) is 9.18. The van der Waals surface area contributed by atoms with Gasteiger partial charge in [-0.2, -0.15) is 13.2 Å². The Labute approximate surface area is 169 Å². The fraction of sp³-hybridized carbons (Fsp3) is 0.263. The maximum Gasteiger partial charge on any atom is 0.417 e. The van der Waals surface area contributed by atoms with Crippen LogP contribution >= 0.6 is 0 Å². The van der Waals surface area contributed by atoms with E-state index in [0.29, 0.717) is 11.0 Å². The first-order chi connectivity index (χ1) is 14.1. The minimum absolute atomic E-state index is 0.114. The zero-order valence-corrected chi connectivity index (χ0v) is 16.1. The molecular weight excluding hydrogens is 423 g/mol. The van der Waals surface area contributed by atoms with Gasteiger partial charge in [-0.25, -0.2) is 13.4 Å². The maximum atomic E-state index is 13.8. The molecule has 7 nitrogen and oxygen atoms in total. The van der Waals surface area contributed by atoms with E-state index in [1.807, 2.05) is 0 Å². The highest BCUT2D eigenvalue weighted by atomic mass is 32.2. The molecule has 1 aliphatic heterocycles. The smallest absolute Gasteiger partial charge is 0.417 e. The van der Waals surface area contributed by atoms with Gasteiger partial charge in [0.2, 0.25) is 0 Å². The molecule has 30 heavy (non-hydrogen) atoms. The van der Waals surface area contributed by atoms with Crippen molar-refractivity contribution in [3.63, 3.8) is 0 Å². The number of fused-ring (bicyclic) bond motifs is 1. The van der Waals surface area contributed by atoms with Gasteiger partial charge >= 0.3 is 12.1 Å². The van der Waals surface area contributed by atoms with Crippen molar-refractivity contribution >= 4 is 26.8 Å². The maximum absolute atomic E-state index is 13.8. The van der Waals surface area contributed by atoms with Crippen LogP contribution < -0.4 is 5.32 Å². The predicted octanol–water partition coefficient (Wildman–Crippen LogP) is 2.63. The monoisotopic (exact) mass is 439 g/mol. The third-order valence-corrected chi connectivity index (χ3v) is 7.34. The summed E-state index contributed by atoms with van der Waals surface area (Å²) in [6, 6.07) is 8.74. The van der Waals surface area contributed by atoms with Crippen LogP contribution in [0.1, 0.15) is 12.0 Å². The molecule has 1 aromatic heterocycles. The van der Waals surface area contributed by atoms with Crippen LogP contribution in [-0.2, 0) is 20.8 Å². The molecule has 2 N–H and O–H groups in total. The van der Waals surface area contributed by atoms with Crippen LogP contribution in [0.25, 0.3) is 16.7 Å². The number of rotatable bonds is 4. The van der Waals surface area contributed by atoms with Gasteiger partial charge in [-0.05, 0) is 36.8 Å². The van der Waals surface area contributed by atoms with Crippen LogP contribution in [0.3, 0.4) is 0 Å². The molecule has 2 aromatic carbocycles. The Morgan fingerprint density at radius 2 is 1.93 bits per heavy atom. The van der Waals surface area contributed by atoms with Crippen molar-refractivity contribution in [1.29, 1.82) is 0 Å². The van der Waals surface area contributed by atoms with E-state index in [9.17, 15) is 26.4 Å². The number of nitrogens with zero attached hydrogens (tertiary/aromatic N) is 2. The standard InChI is InChI=1S/C19H16F3N3O4S/c20-19(21,22)13-7-11(25-10-24-14-3-1-2-4-16(14)25)5-6-17(13)30(28,29)12-8-15(18(26)27)23-9-12/h1-7,10,12,15,23H,8-9H2,(H,26,27)/t12-,15+/m1/s1. The van der Waals surface area contributed by atoms with Crippen LogP contribution in [-0.4, -0.2) is 46.9 Å². The molecule has 158 valence electrons. The van der Waals surface area contributed by atoms with Crippen LogP contribution in [0.4, 0.5) is 13.2 Å². The molecule has 1 saturated heterocycles. The molecule has 2 heterocycles. The number of aliphatic carboxylic acids is 1. The number of aromatic nitrogens is 2. The second-order valence-electron chi connectivity index (χ2n) is 6.98. The Hall–Kier alpha value is -2.92. The lowest BCUT2D eigenvalue weighted by atomic mass is 10.2. The number of carboxylic acids is 1. The first kappa shape index (κ1) is 20.4. The number of halogens is 3. The summed E-state index contributed by atoms with van der Waals surface area (Å²) in [7, 11) is -4.42. The molecule has 0 unspecified atom stereocenters. The molecule has 0 aliphatic carbocycles. The molecule has 2 atom stereocenters. The summed E-state index contributed by atoms with van der Waals surface area (Å²) in [6.45, 7) is -0.232. The molecule has 0 amide bonds. The normalized spacial score (nSPS) is 20.0. The van der Waals surface area contributed by atoms with Crippen molar-refractivity contribution in [2.75, 3.05) is 6.54 Å². The van der Waals surface area contributed by atoms with E-state index in [1.54, 1.807) is 24.3 Å². The number of carboxylic acid groups (broad SMARTS) is 1. The molecule has 0 radical (unpaired) electrons. The minimum Gasteiger partial charge on any atom is -0.480 e. The van der Waals surface area contributed by atoms with Crippen molar-refractivity contribution < 1.29 is 31.5 Å². The molecule has 3 aromatic rings. The third-order valence-electron chi connectivity index (χ3n) is 5.13. The van der Waals surface area contributed by atoms with Gasteiger partial charge < -0.3 is 10.4 Å². The minimum atomic E-state index is -4.92. The first-order valence-electron chi connectivity index (χ1n) is 8.93. The summed E-state index contributed by atoms with van der Waals surface area (Å²) in [4.78, 5) is 14.4. The SMILES string of the molecule is O=C(O)[C@@H]1C[C@@H](S(=O)(=O)c2ccc(-n3cnc4ccccc43)cc2C(F)(F)F)CN1. The summed E-state index contributed by atoms with van der Waals surface area (Å²) < 4.78 is 68.7. The number of imidazole rings is 1. The molecule has 11 heteroatoms. The highest BCUT2D eigenvalue weighted by Gasteiger charge is 2.43. The quantitative estimate of drug-likeness (QED) is 0.648. The van der Waals surface area contributed by atoms with E-state index in [1.165, 1.54) is 17.0 Å². The number of alkyl halides is 3. The molecule has 1 fully saturated rings. The van der Waals surface area contributed by atoms with Crippen molar-refractivity contribution in [1.82, 2.24) is 14.9 Å². The lowest BCUT2D eigenvalue weighted by Crippen LogP contribution is -2.30. The van der Waals surface area contributed by atoms with Crippen molar-refractivity contribution in [2.24, 2.45) is 0 Å². The van der Waals surface area contributed by atoms with Gasteiger partial charge in [0.25, 0.3) is 0 Å². The van der Waals surface area contributed by atoms with Crippen LogP contribution in [0, 0.1) is 0 Å². The number of carbonyl (C=O) groups is 1. The Balaban J connectivity index is 1.81. The van der Waals surface area contributed by atoms with Crippen molar-refractivity contribution in [2.45, 2.75) is 28.8 Å². The molecule has 1 aliphatic rings. The summed E-state index contributed by atoms with van der Waals surface area (Å²) in [5.74, 6) is -1.24. The van der Waals surface area contributed by atoms with Gasteiger partial charge in [0, 0.05) is 12.2 Å². The van der Waals surface area contributed by atoms with E-state index in [-0.39, 0.29) is 18.7 Å². The van der Waals surface area contributed by atoms with Gasteiger partial charge in [0.15, 0.2) is 9.84 Å². The average molecular weight is 439 g/mol. The second kappa shape index (κ2) is 7.10. The van der Waals surface area contributed by atoms with Crippen LogP contribution in [0.15, 0.2) is 53.7 Å². The Morgan fingerprint density at radius 3 is 2.60 bits per heavy atom. The lowest BCUT2D eigenvalue weighted by Gasteiger charge is -2.18. The van der Waals surface area contributed by atoms with E-state index >= 15 is 0 Å². The van der Waals surface area contributed by atoms with Gasteiger partial charge in [-0.15, -0.1) is 0 Å².